The van der Waals surface area contributed by atoms with E-state index in [9.17, 15) is 14.4 Å². The number of pyridine rings is 1. The van der Waals surface area contributed by atoms with Gasteiger partial charge in [-0.2, -0.15) is 0 Å². The highest BCUT2D eigenvalue weighted by Crippen LogP contribution is 2.46. The molecule has 1 unspecified atom stereocenters. The number of fused-ring (bicyclic) bond motifs is 6. The number of hydrogen-bond donors (Lipinski definition) is 2. The number of ether oxygens (including phenoxy) is 2. The first kappa shape index (κ1) is 42.5. The summed E-state index contributed by atoms with van der Waals surface area (Å²) < 4.78 is 14.6. The Kier molecular flexibility index (Phi) is 12.3. The predicted octanol–water partition coefficient (Wildman–Crippen LogP) is 7.30. The maximum absolute atomic E-state index is 14.2. The smallest absolute Gasteiger partial charge is 0.324 e. The van der Waals surface area contributed by atoms with Gasteiger partial charge in [-0.05, 0) is 120 Å². The fourth-order valence-corrected chi connectivity index (χ4v) is 10.7. The Balaban J connectivity index is 1.26. The molecule has 12 nitrogen and oxygen atoms in total. The Morgan fingerprint density at radius 2 is 1.88 bits per heavy atom. The van der Waals surface area contributed by atoms with E-state index >= 15 is 0 Å². The number of nitrogens with one attached hydrogen (secondary N) is 2. The third kappa shape index (κ3) is 8.52. The number of hydrogen-bond acceptors (Lipinski definition) is 10. The highest BCUT2D eigenvalue weighted by Gasteiger charge is 2.49. The van der Waals surface area contributed by atoms with Crippen LogP contribution in [-0.4, -0.2) is 94.7 Å². The Morgan fingerprint density at radius 3 is 2.63 bits per heavy atom. The molecule has 2 saturated heterocycles. The fourth-order valence-electron chi connectivity index (χ4n) is 9.83. The molecule has 1 saturated carbocycles. The number of rotatable bonds is 7. The van der Waals surface area contributed by atoms with Crippen LogP contribution in [0.1, 0.15) is 107 Å². The van der Waals surface area contributed by atoms with Crippen LogP contribution >= 0.6 is 11.3 Å². The second kappa shape index (κ2) is 17.3. The molecule has 4 aromatic rings. The number of thiazole rings is 1. The fraction of sp³-hybridized carbons (Fsp3) is 0.596. The maximum Gasteiger partial charge on any atom is 0.324 e. The number of aryl methyl sites for hydroxylation is 1. The maximum atomic E-state index is 14.2. The Morgan fingerprint density at radius 1 is 1.10 bits per heavy atom. The van der Waals surface area contributed by atoms with Crippen molar-refractivity contribution in [3.63, 3.8) is 0 Å². The third-order valence-electron chi connectivity index (χ3n) is 13.8. The van der Waals surface area contributed by atoms with Crippen molar-refractivity contribution in [2.75, 3.05) is 40.4 Å². The third-order valence-corrected chi connectivity index (χ3v) is 14.7. The number of cyclic esters (lactones) is 1. The van der Waals surface area contributed by atoms with E-state index in [2.05, 4.69) is 105 Å². The van der Waals surface area contributed by atoms with Crippen molar-refractivity contribution in [2.24, 2.45) is 23.2 Å². The van der Waals surface area contributed by atoms with Crippen molar-refractivity contribution in [3.05, 3.63) is 57.7 Å². The van der Waals surface area contributed by atoms with E-state index in [1.54, 1.807) is 7.11 Å². The van der Waals surface area contributed by atoms with Crippen molar-refractivity contribution < 1.29 is 23.9 Å². The lowest BCUT2D eigenvalue weighted by atomic mass is 9.83. The van der Waals surface area contributed by atoms with Gasteiger partial charge in [-0.15, -0.1) is 11.3 Å². The van der Waals surface area contributed by atoms with E-state index in [0.29, 0.717) is 31.7 Å². The standard InChI is InChI=1S/C47H63N7O5S/c1-9-53-39-15-14-31-20-33(39)35(43(53)34-21-32(24-48-42(34)29(4)58-8)30-12-10-17-52(7)19-16-30)23-47(5,6)26-59-46(57)36-13-11-18-54(51-36)45(56)37(22-40-49-38(31)25-60-40)50-44(55)41-27(2)28(41)3/h14-15,20-21,24-25,27-30,36-37,41,51H,9-13,16-19,22-23,26H2,1-8H3,(H,50,55)/t27-,28+,29-,30+,36-,37-,41?/m0/s1. The molecule has 0 spiro atoms. The van der Waals surface area contributed by atoms with E-state index in [-0.39, 0.29) is 54.7 Å². The summed E-state index contributed by atoms with van der Waals surface area (Å²) in [7, 11) is 3.96. The van der Waals surface area contributed by atoms with Gasteiger partial charge in [0, 0.05) is 71.6 Å². The molecular weight excluding hydrogens is 775 g/mol. The van der Waals surface area contributed by atoms with Crippen LogP contribution in [0.4, 0.5) is 0 Å². The monoisotopic (exact) mass is 837 g/mol. The highest BCUT2D eigenvalue weighted by atomic mass is 32.1. The van der Waals surface area contributed by atoms with Crippen molar-refractivity contribution in [3.8, 4) is 22.5 Å². The van der Waals surface area contributed by atoms with Crippen LogP contribution in [0.2, 0.25) is 0 Å². The van der Waals surface area contributed by atoms with Gasteiger partial charge < -0.3 is 24.3 Å². The number of methoxy groups -OCH3 is 1. The Labute approximate surface area is 358 Å². The molecule has 3 aliphatic heterocycles. The second-order valence-corrected chi connectivity index (χ2v) is 19.7. The van der Waals surface area contributed by atoms with Crippen LogP contribution in [0.25, 0.3) is 33.4 Å². The van der Waals surface area contributed by atoms with Gasteiger partial charge >= 0.3 is 5.97 Å². The topological polar surface area (TPSA) is 131 Å². The summed E-state index contributed by atoms with van der Waals surface area (Å²) in [6, 6.07) is 7.47. The number of amides is 2. The summed E-state index contributed by atoms with van der Waals surface area (Å²) in [4.78, 5) is 54.3. The Bertz CT molecular complexity index is 2240. The number of hydrazine groups is 1. The van der Waals surface area contributed by atoms with Crippen LogP contribution in [0.15, 0.2) is 35.8 Å². The minimum atomic E-state index is -0.834. The molecule has 7 atom stereocenters. The number of aromatic nitrogens is 3. The van der Waals surface area contributed by atoms with E-state index in [4.69, 9.17) is 19.4 Å². The molecule has 6 heterocycles. The van der Waals surface area contributed by atoms with Crippen LogP contribution in [0.5, 0.6) is 0 Å². The largest absolute Gasteiger partial charge is 0.464 e. The normalized spacial score (nSPS) is 26.9. The number of benzene rings is 1. The van der Waals surface area contributed by atoms with Gasteiger partial charge in [-0.25, -0.2) is 10.4 Å². The summed E-state index contributed by atoms with van der Waals surface area (Å²) in [5, 5.41) is 8.54. The zero-order valence-corrected chi connectivity index (χ0v) is 37.5. The first-order valence-corrected chi connectivity index (χ1v) is 23.0. The number of likely N-dealkylation sites (tertiary alicyclic amines) is 1. The highest BCUT2D eigenvalue weighted by molar-refractivity contribution is 7.10. The van der Waals surface area contributed by atoms with Gasteiger partial charge in [0.2, 0.25) is 5.91 Å². The van der Waals surface area contributed by atoms with Crippen LogP contribution in [0.3, 0.4) is 0 Å². The summed E-state index contributed by atoms with van der Waals surface area (Å²) in [6.07, 6.45) is 7.27. The molecule has 6 bridgehead atoms. The van der Waals surface area contributed by atoms with E-state index < -0.39 is 17.5 Å². The molecule has 2 N–H and O–H groups in total. The van der Waals surface area contributed by atoms with Gasteiger partial charge in [0.05, 0.1) is 34.8 Å². The molecule has 13 heteroatoms. The molecule has 4 aliphatic rings. The quantitative estimate of drug-likeness (QED) is 0.184. The zero-order valence-electron chi connectivity index (χ0n) is 36.7. The lowest BCUT2D eigenvalue weighted by molar-refractivity contribution is -0.155. The van der Waals surface area contributed by atoms with Gasteiger partial charge in [0.1, 0.15) is 12.1 Å². The van der Waals surface area contributed by atoms with Crippen LogP contribution in [0, 0.1) is 23.2 Å². The first-order chi connectivity index (χ1) is 28.8. The van der Waals surface area contributed by atoms with Crippen molar-refractivity contribution >= 4 is 40.0 Å². The van der Waals surface area contributed by atoms with Crippen molar-refractivity contribution in [1.29, 1.82) is 0 Å². The molecule has 1 aromatic carbocycles. The number of esters is 1. The molecule has 3 aromatic heterocycles. The van der Waals surface area contributed by atoms with Gasteiger partial charge in [-0.1, -0.05) is 33.8 Å². The lowest BCUT2D eigenvalue weighted by Crippen LogP contribution is -2.60. The molecule has 2 amide bonds. The number of carbonyl (C=O) groups excluding carboxylic acids is 3. The van der Waals surface area contributed by atoms with Gasteiger partial charge in [0.25, 0.3) is 5.91 Å². The van der Waals surface area contributed by atoms with Crippen molar-refractivity contribution in [1.82, 2.24) is 35.2 Å². The average Bonchev–Trinajstić information content (AvgIpc) is 3.52. The second-order valence-electron chi connectivity index (χ2n) is 18.7. The average molecular weight is 838 g/mol. The number of carbonyl (C=O) groups is 3. The van der Waals surface area contributed by atoms with Gasteiger partial charge in [0.15, 0.2) is 0 Å². The molecular formula is C47H63N7O5S. The van der Waals surface area contributed by atoms with Crippen molar-refractivity contribution in [2.45, 2.75) is 117 Å². The minimum Gasteiger partial charge on any atom is -0.464 e. The summed E-state index contributed by atoms with van der Waals surface area (Å²) in [5.74, 6) is 0.0676. The molecule has 60 heavy (non-hydrogen) atoms. The van der Waals surface area contributed by atoms with E-state index in [1.165, 1.54) is 27.5 Å². The zero-order chi connectivity index (χ0) is 42.5. The molecule has 322 valence electrons. The predicted molar refractivity (Wildman–Crippen MR) is 235 cm³/mol. The molecule has 3 fully saturated rings. The summed E-state index contributed by atoms with van der Waals surface area (Å²) in [6.45, 7) is 16.2. The van der Waals surface area contributed by atoms with E-state index in [1.807, 2.05) is 0 Å². The van der Waals surface area contributed by atoms with Crippen LogP contribution in [-0.2, 0) is 43.2 Å². The molecule has 0 radical (unpaired) electrons. The molecule has 8 rings (SSSR count). The first-order valence-electron chi connectivity index (χ1n) is 22.1. The SMILES string of the molecule is CCn1c(-c2cc([C@@H]3CCCN(C)CC3)cnc2[C@H](C)OC)c2c3cc(ccc31)-c1csc(n1)C[C@H](NC(=O)C1[C@@H](C)[C@H]1C)C(=O)N1CCC[C@H](N1)C(=O)OCC(C)(C)C2. The minimum absolute atomic E-state index is 0.109. The Hall–Kier alpha value is -4.17. The molecule has 1 aliphatic carbocycles. The number of nitrogens with zero attached hydrogens (tertiary/aromatic N) is 5. The summed E-state index contributed by atoms with van der Waals surface area (Å²) >= 11 is 1.50. The van der Waals surface area contributed by atoms with E-state index in [0.717, 1.165) is 83.0 Å². The van der Waals surface area contributed by atoms with Gasteiger partial charge in [-0.3, -0.25) is 24.4 Å². The van der Waals surface area contributed by atoms with Crippen LogP contribution < -0.4 is 10.7 Å². The summed E-state index contributed by atoms with van der Waals surface area (Å²) in [5.41, 5.74) is 11.2. The lowest BCUT2D eigenvalue weighted by Gasteiger charge is -2.35.